The summed E-state index contributed by atoms with van der Waals surface area (Å²) in [5.41, 5.74) is 0. The molecule has 0 radical (unpaired) electrons. The van der Waals surface area contributed by atoms with E-state index < -0.39 is 0 Å². The van der Waals surface area contributed by atoms with Gasteiger partial charge in [0, 0.05) is 19.6 Å². The SMILES string of the molecule is CSCC[C@H]1CN(CC(C)C)CCO1. The van der Waals surface area contributed by atoms with Crippen molar-refractivity contribution in [1.29, 1.82) is 0 Å². The van der Waals surface area contributed by atoms with Crippen LogP contribution in [0.3, 0.4) is 0 Å². The van der Waals surface area contributed by atoms with Crippen LogP contribution in [-0.4, -0.2) is 49.3 Å². The molecule has 0 aromatic heterocycles. The van der Waals surface area contributed by atoms with Crippen molar-refractivity contribution in [1.82, 2.24) is 4.90 Å². The zero-order valence-corrected chi connectivity index (χ0v) is 10.5. The van der Waals surface area contributed by atoms with Crippen LogP contribution in [-0.2, 0) is 4.74 Å². The summed E-state index contributed by atoms with van der Waals surface area (Å²) in [6.07, 6.45) is 3.85. The van der Waals surface area contributed by atoms with Crippen molar-refractivity contribution in [2.24, 2.45) is 5.92 Å². The molecule has 1 saturated heterocycles. The van der Waals surface area contributed by atoms with Gasteiger partial charge in [-0.2, -0.15) is 11.8 Å². The average molecular weight is 217 g/mol. The minimum atomic E-state index is 0.481. The summed E-state index contributed by atoms with van der Waals surface area (Å²) < 4.78 is 5.74. The van der Waals surface area contributed by atoms with Gasteiger partial charge in [0.2, 0.25) is 0 Å². The van der Waals surface area contributed by atoms with E-state index in [1.54, 1.807) is 0 Å². The Morgan fingerprint density at radius 2 is 2.29 bits per heavy atom. The van der Waals surface area contributed by atoms with Gasteiger partial charge in [0.1, 0.15) is 0 Å². The third-order valence-corrected chi connectivity index (χ3v) is 3.13. The van der Waals surface area contributed by atoms with Crippen molar-refractivity contribution in [3.8, 4) is 0 Å². The second-order valence-electron chi connectivity index (χ2n) is 4.43. The van der Waals surface area contributed by atoms with E-state index in [1.165, 1.54) is 18.7 Å². The molecule has 0 amide bonds. The van der Waals surface area contributed by atoms with Gasteiger partial charge in [0.25, 0.3) is 0 Å². The smallest absolute Gasteiger partial charge is 0.0710 e. The molecule has 0 aromatic rings. The molecule has 0 aliphatic carbocycles. The van der Waals surface area contributed by atoms with Gasteiger partial charge in [-0.15, -0.1) is 0 Å². The van der Waals surface area contributed by atoms with Gasteiger partial charge in [-0.1, -0.05) is 13.8 Å². The van der Waals surface area contributed by atoms with E-state index in [0.29, 0.717) is 6.10 Å². The number of thioether (sulfide) groups is 1. The van der Waals surface area contributed by atoms with Crippen LogP contribution < -0.4 is 0 Å². The van der Waals surface area contributed by atoms with Crippen LogP contribution in [0.4, 0.5) is 0 Å². The fourth-order valence-electron chi connectivity index (χ4n) is 1.89. The van der Waals surface area contributed by atoms with Gasteiger partial charge in [-0.3, -0.25) is 4.90 Å². The minimum absolute atomic E-state index is 0.481. The first-order valence-corrected chi connectivity index (χ1v) is 6.94. The van der Waals surface area contributed by atoms with Crippen molar-refractivity contribution in [2.75, 3.05) is 38.2 Å². The molecule has 14 heavy (non-hydrogen) atoms. The molecule has 2 nitrogen and oxygen atoms in total. The number of nitrogens with zero attached hydrogens (tertiary/aromatic N) is 1. The fourth-order valence-corrected chi connectivity index (χ4v) is 2.39. The summed E-state index contributed by atoms with van der Waals surface area (Å²) in [6.45, 7) is 8.97. The average Bonchev–Trinajstić information content (AvgIpc) is 2.14. The molecule has 84 valence electrons. The number of hydrogen-bond acceptors (Lipinski definition) is 3. The van der Waals surface area contributed by atoms with Gasteiger partial charge in [0.05, 0.1) is 12.7 Å². The molecule has 1 atom stereocenters. The maximum atomic E-state index is 5.74. The molecule has 0 saturated carbocycles. The maximum Gasteiger partial charge on any atom is 0.0710 e. The molecular weight excluding hydrogens is 194 g/mol. The summed E-state index contributed by atoms with van der Waals surface area (Å²) in [5, 5.41) is 0. The quantitative estimate of drug-likeness (QED) is 0.700. The highest BCUT2D eigenvalue weighted by molar-refractivity contribution is 7.98. The highest BCUT2D eigenvalue weighted by Gasteiger charge is 2.20. The summed E-state index contributed by atoms with van der Waals surface area (Å²) >= 11 is 1.91. The van der Waals surface area contributed by atoms with Gasteiger partial charge in [-0.25, -0.2) is 0 Å². The zero-order valence-electron chi connectivity index (χ0n) is 9.66. The minimum Gasteiger partial charge on any atom is -0.376 e. The third-order valence-electron chi connectivity index (χ3n) is 2.49. The summed E-state index contributed by atoms with van der Waals surface area (Å²) in [5.74, 6) is 1.99. The Kier molecular flexibility index (Phi) is 5.90. The molecule has 0 unspecified atom stereocenters. The molecule has 0 bridgehead atoms. The number of hydrogen-bond donors (Lipinski definition) is 0. The van der Waals surface area contributed by atoms with Gasteiger partial charge >= 0.3 is 0 Å². The van der Waals surface area contributed by atoms with E-state index >= 15 is 0 Å². The molecule has 1 fully saturated rings. The summed E-state index contributed by atoms with van der Waals surface area (Å²) in [7, 11) is 0. The highest BCUT2D eigenvalue weighted by Crippen LogP contribution is 2.12. The van der Waals surface area contributed by atoms with Crippen molar-refractivity contribution in [2.45, 2.75) is 26.4 Å². The first-order valence-electron chi connectivity index (χ1n) is 5.55. The zero-order chi connectivity index (χ0) is 10.4. The highest BCUT2D eigenvalue weighted by atomic mass is 32.2. The Balaban J connectivity index is 2.21. The predicted molar refractivity (Wildman–Crippen MR) is 64.0 cm³/mol. The molecule has 1 heterocycles. The topological polar surface area (TPSA) is 12.5 Å². The Morgan fingerprint density at radius 3 is 2.93 bits per heavy atom. The first kappa shape index (κ1) is 12.3. The standard InChI is InChI=1S/C11H23NOS/c1-10(2)8-12-5-6-13-11(9-12)4-7-14-3/h10-11H,4-9H2,1-3H3/t11-/m0/s1. The molecule has 1 aliphatic rings. The lowest BCUT2D eigenvalue weighted by Crippen LogP contribution is -2.44. The van der Waals surface area contributed by atoms with Crippen LogP contribution in [0, 0.1) is 5.92 Å². The van der Waals surface area contributed by atoms with Crippen LogP contribution in [0.1, 0.15) is 20.3 Å². The third kappa shape index (κ3) is 4.67. The largest absolute Gasteiger partial charge is 0.376 e. The number of rotatable bonds is 5. The Bertz CT molecular complexity index is 152. The monoisotopic (exact) mass is 217 g/mol. The van der Waals surface area contributed by atoms with E-state index in [2.05, 4.69) is 25.0 Å². The molecule has 1 aliphatic heterocycles. The van der Waals surface area contributed by atoms with Crippen molar-refractivity contribution >= 4 is 11.8 Å². The van der Waals surface area contributed by atoms with Crippen LogP contribution >= 0.6 is 11.8 Å². The van der Waals surface area contributed by atoms with E-state index in [9.17, 15) is 0 Å². The maximum absolute atomic E-state index is 5.74. The second-order valence-corrected chi connectivity index (χ2v) is 5.41. The van der Waals surface area contributed by atoms with E-state index in [-0.39, 0.29) is 0 Å². The number of morpholine rings is 1. The lowest BCUT2D eigenvalue weighted by molar-refractivity contribution is -0.0321. The van der Waals surface area contributed by atoms with Gasteiger partial charge < -0.3 is 4.74 Å². The molecular formula is C11H23NOS. The Hall–Kier alpha value is 0.270. The normalized spacial score (nSPS) is 24.4. The molecule has 0 N–H and O–H groups in total. The van der Waals surface area contributed by atoms with E-state index in [0.717, 1.165) is 25.6 Å². The summed E-state index contributed by atoms with van der Waals surface area (Å²) in [6, 6.07) is 0. The van der Waals surface area contributed by atoms with E-state index in [4.69, 9.17) is 4.74 Å². The van der Waals surface area contributed by atoms with Crippen LogP contribution in [0.15, 0.2) is 0 Å². The first-order chi connectivity index (χ1) is 6.72. The lowest BCUT2D eigenvalue weighted by atomic mass is 10.1. The fraction of sp³-hybridized carbons (Fsp3) is 1.00. The Morgan fingerprint density at radius 1 is 1.50 bits per heavy atom. The molecule has 0 spiro atoms. The van der Waals surface area contributed by atoms with Gasteiger partial charge in [-0.05, 0) is 24.3 Å². The predicted octanol–water partition coefficient (Wildman–Crippen LogP) is 2.10. The summed E-state index contributed by atoms with van der Waals surface area (Å²) in [4.78, 5) is 2.54. The lowest BCUT2D eigenvalue weighted by Gasteiger charge is -2.33. The second kappa shape index (κ2) is 6.70. The van der Waals surface area contributed by atoms with Gasteiger partial charge in [0.15, 0.2) is 0 Å². The van der Waals surface area contributed by atoms with Crippen LogP contribution in [0.25, 0.3) is 0 Å². The molecule has 1 rings (SSSR count). The Labute approximate surface area is 92.4 Å². The number of ether oxygens (including phenoxy) is 1. The van der Waals surface area contributed by atoms with Crippen molar-refractivity contribution in [3.05, 3.63) is 0 Å². The van der Waals surface area contributed by atoms with Crippen LogP contribution in [0.2, 0.25) is 0 Å². The van der Waals surface area contributed by atoms with Crippen molar-refractivity contribution < 1.29 is 4.74 Å². The molecule has 3 heteroatoms. The van der Waals surface area contributed by atoms with Crippen molar-refractivity contribution in [3.63, 3.8) is 0 Å². The van der Waals surface area contributed by atoms with E-state index in [1.807, 2.05) is 11.8 Å². The molecule has 0 aromatic carbocycles. The van der Waals surface area contributed by atoms with Crippen LogP contribution in [0.5, 0.6) is 0 Å².